The molecular weight excluding hydrogens is 224 g/mol. The summed E-state index contributed by atoms with van der Waals surface area (Å²) in [6, 6.07) is 10.1. The van der Waals surface area contributed by atoms with E-state index in [1.54, 1.807) is 0 Å². The highest BCUT2D eigenvalue weighted by molar-refractivity contribution is 5.81. The summed E-state index contributed by atoms with van der Waals surface area (Å²) < 4.78 is 8.08. The summed E-state index contributed by atoms with van der Waals surface area (Å²) >= 11 is 0. The summed E-state index contributed by atoms with van der Waals surface area (Å²) in [6.45, 7) is 3.03. The van der Waals surface area contributed by atoms with E-state index in [0.29, 0.717) is 17.8 Å². The smallest absolute Gasteiger partial charge is 0.0991 e. The van der Waals surface area contributed by atoms with Crippen molar-refractivity contribution in [3.05, 3.63) is 36.0 Å². The lowest BCUT2D eigenvalue weighted by molar-refractivity contribution is 0.0465. The first-order valence-corrected chi connectivity index (χ1v) is 6.41. The molecule has 1 fully saturated rings. The fraction of sp³-hybridized carbons (Fsp3) is 0.400. The molecule has 3 nitrogen and oxygen atoms in total. The van der Waals surface area contributed by atoms with Gasteiger partial charge in [0.25, 0.3) is 0 Å². The molecule has 1 saturated heterocycles. The highest BCUT2D eigenvalue weighted by atomic mass is 16.5. The van der Waals surface area contributed by atoms with Gasteiger partial charge in [-0.1, -0.05) is 0 Å². The molecule has 1 aromatic heterocycles. The molecule has 92 valence electrons. The third-order valence-electron chi connectivity index (χ3n) is 3.62. The Balaban J connectivity index is 1.87. The molecule has 2 atom stereocenters. The van der Waals surface area contributed by atoms with Gasteiger partial charge in [-0.15, -0.1) is 0 Å². The molecule has 1 aromatic carbocycles. The molecule has 0 aliphatic carbocycles. The SMILES string of the molecule is CC1CCC(Cn2ccc3cc(C#N)ccc32)O1. The standard InChI is InChI=1S/C15H16N2O/c1-11-2-4-14(18-11)10-17-7-6-13-8-12(9-16)3-5-15(13)17/h3,5-8,11,14H,2,4,10H2,1H3. The van der Waals surface area contributed by atoms with E-state index in [-0.39, 0.29) is 0 Å². The number of fused-ring (bicyclic) bond motifs is 1. The minimum absolute atomic E-state index is 0.325. The van der Waals surface area contributed by atoms with Gasteiger partial charge in [-0.25, -0.2) is 0 Å². The molecule has 1 aliphatic heterocycles. The monoisotopic (exact) mass is 240 g/mol. The van der Waals surface area contributed by atoms with Crippen LogP contribution >= 0.6 is 0 Å². The van der Waals surface area contributed by atoms with Gasteiger partial charge in [0.05, 0.1) is 23.8 Å². The van der Waals surface area contributed by atoms with Crippen molar-refractivity contribution in [3.63, 3.8) is 0 Å². The Bertz CT molecular complexity index is 608. The van der Waals surface area contributed by atoms with Crippen molar-refractivity contribution in [2.75, 3.05) is 0 Å². The number of hydrogen-bond donors (Lipinski definition) is 0. The number of hydrogen-bond acceptors (Lipinski definition) is 2. The maximum Gasteiger partial charge on any atom is 0.0991 e. The maximum atomic E-state index is 8.89. The van der Waals surface area contributed by atoms with Gasteiger partial charge >= 0.3 is 0 Å². The first-order valence-electron chi connectivity index (χ1n) is 6.41. The summed E-state index contributed by atoms with van der Waals surface area (Å²) in [4.78, 5) is 0. The Morgan fingerprint density at radius 3 is 3.00 bits per heavy atom. The first kappa shape index (κ1) is 11.3. The van der Waals surface area contributed by atoms with Gasteiger partial charge < -0.3 is 9.30 Å². The maximum absolute atomic E-state index is 8.89. The fourth-order valence-electron chi connectivity index (χ4n) is 2.67. The van der Waals surface area contributed by atoms with E-state index < -0.39 is 0 Å². The summed E-state index contributed by atoms with van der Waals surface area (Å²) in [5.41, 5.74) is 1.89. The quantitative estimate of drug-likeness (QED) is 0.809. The van der Waals surface area contributed by atoms with Gasteiger partial charge in [0, 0.05) is 23.6 Å². The molecule has 0 amide bonds. The summed E-state index contributed by atoms with van der Waals surface area (Å²) in [5, 5.41) is 10.0. The summed E-state index contributed by atoms with van der Waals surface area (Å²) in [7, 11) is 0. The van der Waals surface area contributed by atoms with E-state index in [1.807, 2.05) is 18.2 Å². The van der Waals surface area contributed by atoms with E-state index in [4.69, 9.17) is 10.00 Å². The first-order chi connectivity index (χ1) is 8.76. The van der Waals surface area contributed by atoms with Crippen LogP contribution in [-0.4, -0.2) is 16.8 Å². The Morgan fingerprint density at radius 1 is 1.39 bits per heavy atom. The van der Waals surface area contributed by atoms with Gasteiger partial charge in [-0.05, 0) is 44.0 Å². The van der Waals surface area contributed by atoms with Gasteiger partial charge in [0.15, 0.2) is 0 Å². The lowest BCUT2D eigenvalue weighted by Crippen LogP contribution is -2.15. The van der Waals surface area contributed by atoms with Crippen molar-refractivity contribution in [2.45, 2.75) is 38.5 Å². The Kier molecular flexibility index (Phi) is 2.81. The van der Waals surface area contributed by atoms with Crippen molar-refractivity contribution in [3.8, 4) is 6.07 Å². The fourth-order valence-corrected chi connectivity index (χ4v) is 2.67. The Labute approximate surface area is 107 Å². The van der Waals surface area contributed by atoms with Crippen LogP contribution in [0.5, 0.6) is 0 Å². The molecule has 2 unspecified atom stereocenters. The normalized spacial score (nSPS) is 23.3. The van der Waals surface area contributed by atoms with E-state index in [1.165, 1.54) is 5.52 Å². The zero-order chi connectivity index (χ0) is 12.5. The van der Waals surface area contributed by atoms with Gasteiger partial charge in [-0.2, -0.15) is 5.26 Å². The number of aromatic nitrogens is 1. The van der Waals surface area contributed by atoms with E-state index in [9.17, 15) is 0 Å². The highest BCUT2D eigenvalue weighted by Gasteiger charge is 2.22. The minimum atomic E-state index is 0.325. The lowest BCUT2D eigenvalue weighted by atomic mass is 10.2. The van der Waals surface area contributed by atoms with Gasteiger partial charge in [-0.3, -0.25) is 0 Å². The van der Waals surface area contributed by atoms with Gasteiger partial charge in [0.2, 0.25) is 0 Å². The third kappa shape index (κ3) is 2.00. The predicted molar refractivity (Wildman–Crippen MR) is 70.2 cm³/mol. The van der Waals surface area contributed by atoms with Crippen LogP contribution < -0.4 is 0 Å². The number of rotatable bonds is 2. The Morgan fingerprint density at radius 2 is 2.28 bits per heavy atom. The summed E-state index contributed by atoms with van der Waals surface area (Å²) in [5.74, 6) is 0. The molecule has 0 bridgehead atoms. The molecule has 0 spiro atoms. The van der Waals surface area contributed by atoms with E-state index in [0.717, 1.165) is 24.8 Å². The van der Waals surface area contributed by atoms with Crippen LogP contribution in [0.3, 0.4) is 0 Å². The number of nitriles is 1. The van der Waals surface area contributed by atoms with Gasteiger partial charge in [0.1, 0.15) is 0 Å². The second-order valence-electron chi connectivity index (χ2n) is 5.00. The van der Waals surface area contributed by atoms with Crippen LogP contribution in [0.1, 0.15) is 25.3 Å². The van der Waals surface area contributed by atoms with Crippen molar-refractivity contribution in [2.24, 2.45) is 0 Å². The molecule has 0 N–H and O–H groups in total. The van der Waals surface area contributed by atoms with Crippen LogP contribution in [0.15, 0.2) is 30.5 Å². The van der Waals surface area contributed by atoms with E-state index in [2.05, 4.69) is 29.8 Å². The molecule has 0 radical (unpaired) electrons. The third-order valence-corrected chi connectivity index (χ3v) is 3.62. The van der Waals surface area contributed by atoms with Crippen LogP contribution in [-0.2, 0) is 11.3 Å². The summed E-state index contributed by atoms with van der Waals surface area (Å²) in [6.07, 6.45) is 5.09. The Hall–Kier alpha value is -1.79. The average Bonchev–Trinajstić information content (AvgIpc) is 2.96. The largest absolute Gasteiger partial charge is 0.373 e. The molecule has 3 rings (SSSR count). The molecule has 2 heterocycles. The van der Waals surface area contributed by atoms with Crippen LogP contribution in [0.2, 0.25) is 0 Å². The number of ether oxygens (including phenoxy) is 1. The van der Waals surface area contributed by atoms with Crippen molar-refractivity contribution < 1.29 is 4.74 Å². The molecule has 3 heteroatoms. The molecule has 18 heavy (non-hydrogen) atoms. The van der Waals surface area contributed by atoms with Crippen LogP contribution in [0, 0.1) is 11.3 Å². The average molecular weight is 240 g/mol. The number of benzene rings is 1. The second kappa shape index (κ2) is 4.47. The zero-order valence-electron chi connectivity index (χ0n) is 10.5. The zero-order valence-corrected chi connectivity index (χ0v) is 10.5. The molecular formula is C15H16N2O. The lowest BCUT2D eigenvalue weighted by Gasteiger charge is -2.13. The molecule has 1 aliphatic rings. The molecule has 2 aromatic rings. The van der Waals surface area contributed by atoms with E-state index >= 15 is 0 Å². The predicted octanol–water partition coefficient (Wildman–Crippen LogP) is 3.08. The van der Waals surface area contributed by atoms with Crippen LogP contribution in [0.4, 0.5) is 0 Å². The van der Waals surface area contributed by atoms with Crippen molar-refractivity contribution in [1.82, 2.24) is 4.57 Å². The van der Waals surface area contributed by atoms with Crippen LogP contribution in [0.25, 0.3) is 10.9 Å². The number of nitrogens with zero attached hydrogens (tertiary/aromatic N) is 2. The second-order valence-corrected chi connectivity index (χ2v) is 5.00. The van der Waals surface area contributed by atoms with Crippen molar-refractivity contribution >= 4 is 10.9 Å². The van der Waals surface area contributed by atoms with Crippen molar-refractivity contribution in [1.29, 1.82) is 5.26 Å². The minimum Gasteiger partial charge on any atom is -0.373 e. The topological polar surface area (TPSA) is 38.0 Å². The molecule has 0 saturated carbocycles. The highest BCUT2D eigenvalue weighted by Crippen LogP contribution is 2.23.